The van der Waals surface area contributed by atoms with Gasteiger partial charge in [0.2, 0.25) is 0 Å². The monoisotopic (exact) mass is 344 g/mol. The molecule has 1 unspecified atom stereocenters. The van der Waals surface area contributed by atoms with Crippen molar-refractivity contribution < 1.29 is 0 Å². The lowest BCUT2D eigenvalue weighted by Gasteiger charge is -2.38. The fourth-order valence-electron chi connectivity index (χ4n) is 3.24. The summed E-state index contributed by atoms with van der Waals surface area (Å²) in [6.45, 7) is 3.86. The summed E-state index contributed by atoms with van der Waals surface area (Å²) in [7, 11) is 0. The van der Waals surface area contributed by atoms with Crippen molar-refractivity contribution in [1.82, 2.24) is 0 Å². The van der Waals surface area contributed by atoms with Gasteiger partial charge in [0, 0.05) is 23.2 Å². The van der Waals surface area contributed by atoms with Crippen molar-refractivity contribution in [3.8, 4) is 0 Å². The molecule has 1 aliphatic heterocycles. The first kappa shape index (κ1) is 14.6. The van der Waals surface area contributed by atoms with E-state index in [0.717, 1.165) is 11.0 Å². The first-order valence-electron chi connectivity index (χ1n) is 7.51. The van der Waals surface area contributed by atoms with E-state index in [1.807, 2.05) is 0 Å². The Balaban J connectivity index is 1.99. The van der Waals surface area contributed by atoms with Crippen LogP contribution in [-0.4, -0.2) is 13.1 Å². The smallest absolute Gasteiger partial charge is 0.0665 e. The van der Waals surface area contributed by atoms with E-state index in [4.69, 9.17) is 5.73 Å². The van der Waals surface area contributed by atoms with Gasteiger partial charge in [-0.25, -0.2) is 0 Å². The maximum atomic E-state index is 6.12. The molecule has 2 aromatic rings. The largest absolute Gasteiger partial charge is 0.363 e. The summed E-state index contributed by atoms with van der Waals surface area (Å²) < 4.78 is 1.11. The van der Waals surface area contributed by atoms with Crippen molar-refractivity contribution in [2.24, 2.45) is 5.73 Å². The predicted octanol–water partition coefficient (Wildman–Crippen LogP) is 4.21. The Morgan fingerprint density at radius 3 is 2.86 bits per heavy atom. The van der Waals surface area contributed by atoms with Crippen LogP contribution in [0.4, 0.5) is 5.69 Å². The van der Waals surface area contributed by atoms with Gasteiger partial charge in [0.15, 0.2) is 0 Å². The minimum atomic E-state index is 0.240. The molecule has 0 radical (unpaired) electrons. The first-order chi connectivity index (χ1) is 10.2. The Bertz CT molecular complexity index is 639. The third-order valence-electron chi connectivity index (χ3n) is 4.22. The summed E-state index contributed by atoms with van der Waals surface area (Å²) in [5.41, 5.74) is 11.5. The van der Waals surface area contributed by atoms with Crippen LogP contribution in [0.5, 0.6) is 0 Å². The lowest BCUT2D eigenvalue weighted by Crippen LogP contribution is -2.37. The van der Waals surface area contributed by atoms with Crippen molar-refractivity contribution in [2.75, 3.05) is 18.0 Å². The van der Waals surface area contributed by atoms with Crippen molar-refractivity contribution >= 4 is 21.6 Å². The summed E-state index contributed by atoms with van der Waals surface area (Å²) in [4.78, 5) is 2.47. The van der Waals surface area contributed by atoms with Gasteiger partial charge in [-0.2, -0.15) is 0 Å². The summed E-state index contributed by atoms with van der Waals surface area (Å²) in [5, 5.41) is 0. The molecule has 0 aromatic heterocycles. The van der Waals surface area contributed by atoms with Gasteiger partial charge in [-0.15, -0.1) is 0 Å². The summed E-state index contributed by atoms with van der Waals surface area (Å²) in [6.07, 6.45) is 2.37. The maximum absolute atomic E-state index is 6.12. The van der Waals surface area contributed by atoms with Crippen molar-refractivity contribution in [3.05, 3.63) is 63.6 Å². The van der Waals surface area contributed by atoms with Crippen LogP contribution in [0.1, 0.15) is 29.2 Å². The highest BCUT2D eigenvalue weighted by molar-refractivity contribution is 9.10. The fraction of sp³-hybridized carbons (Fsp3) is 0.333. The molecule has 0 saturated heterocycles. The number of hydrogen-bond donors (Lipinski definition) is 1. The van der Waals surface area contributed by atoms with E-state index in [1.54, 1.807) is 0 Å². The summed E-state index contributed by atoms with van der Waals surface area (Å²) in [5.74, 6) is 0. The number of rotatable bonds is 3. The van der Waals surface area contributed by atoms with Gasteiger partial charge in [-0.05, 0) is 49.1 Å². The van der Waals surface area contributed by atoms with Crippen LogP contribution >= 0.6 is 15.9 Å². The molecule has 0 spiro atoms. The second-order valence-corrected chi connectivity index (χ2v) is 6.65. The molecule has 3 heteroatoms. The minimum absolute atomic E-state index is 0.240. The highest BCUT2D eigenvalue weighted by Crippen LogP contribution is 2.34. The van der Waals surface area contributed by atoms with E-state index >= 15 is 0 Å². The molecule has 2 nitrogen and oxygen atoms in total. The van der Waals surface area contributed by atoms with E-state index in [1.165, 1.54) is 35.2 Å². The average Bonchev–Trinajstić information content (AvgIpc) is 2.48. The second-order valence-electron chi connectivity index (χ2n) is 5.74. The highest BCUT2D eigenvalue weighted by atomic mass is 79.9. The summed E-state index contributed by atoms with van der Waals surface area (Å²) >= 11 is 3.57. The summed E-state index contributed by atoms with van der Waals surface area (Å²) in [6, 6.07) is 15.5. The molecule has 2 N–H and O–H groups in total. The number of aryl methyl sites for hydroxylation is 2. The molecule has 1 atom stereocenters. The van der Waals surface area contributed by atoms with Crippen LogP contribution < -0.4 is 10.6 Å². The molecule has 0 fully saturated rings. The number of halogens is 1. The molecule has 21 heavy (non-hydrogen) atoms. The second kappa shape index (κ2) is 6.20. The van der Waals surface area contributed by atoms with Gasteiger partial charge in [-0.1, -0.05) is 45.8 Å². The zero-order valence-corrected chi connectivity index (χ0v) is 13.9. The van der Waals surface area contributed by atoms with Crippen LogP contribution in [-0.2, 0) is 6.42 Å². The standard InChI is InChI=1S/C18H21BrN2/c1-13-7-8-17-14(10-13)5-3-9-21(17)18(12-20)15-4-2-6-16(19)11-15/h2,4,6-8,10-11,18H,3,5,9,12,20H2,1H3. The normalized spacial score (nSPS) is 15.7. The van der Waals surface area contributed by atoms with Crippen molar-refractivity contribution in [3.63, 3.8) is 0 Å². The molecule has 110 valence electrons. The molecule has 0 amide bonds. The number of hydrogen-bond acceptors (Lipinski definition) is 2. The van der Waals surface area contributed by atoms with Gasteiger partial charge in [-0.3, -0.25) is 0 Å². The van der Waals surface area contributed by atoms with E-state index in [9.17, 15) is 0 Å². The lowest BCUT2D eigenvalue weighted by atomic mass is 9.96. The molecule has 0 saturated carbocycles. The minimum Gasteiger partial charge on any atom is -0.363 e. The van der Waals surface area contributed by atoms with Crippen LogP contribution in [0.3, 0.4) is 0 Å². The SMILES string of the molecule is Cc1ccc2c(c1)CCCN2C(CN)c1cccc(Br)c1. The molecule has 3 rings (SSSR count). The predicted molar refractivity (Wildman–Crippen MR) is 92.8 cm³/mol. The van der Waals surface area contributed by atoms with Crippen LogP contribution in [0, 0.1) is 6.92 Å². The molecule has 0 aliphatic carbocycles. The van der Waals surface area contributed by atoms with Gasteiger partial charge < -0.3 is 10.6 Å². The zero-order valence-electron chi connectivity index (χ0n) is 12.3. The van der Waals surface area contributed by atoms with Crippen molar-refractivity contribution in [1.29, 1.82) is 0 Å². The average molecular weight is 345 g/mol. The Hall–Kier alpha value is -1.32. The van der Waals surface area contributed by atoms with Crippen LogP contribution in [0.15, 0.2) is 46.9 Å². The Morgan fingerprint density at radius 1 is 1.24 bits per heavy atom. The lowest BCUT2D eigenvalue weighted by molar-refractivity contribution is 0.587. The van der Waals surface area contributed by atoms with E-state index in [-0.39, 0.29) is 6.04 Å². The van der Waals surface area contributed by atoms with E-state index in [2.05, 4.69) is 70.2 Å². The van der Waals surface area contributed by atoms with Crippen LogP contribution in [0.25, 0.3) is 0 Å². The van der Waals surface area contributed by atoms with Gasteiger partial charge >= 0.3 is 0 Å². The molecule has 0 bridgehead atoms. The molecule has 1 heterocycles. The molecule has 1 aliphatic rings. The fourth-order valence-corrected chi connectivity index (χ4v) is 3.65. The van der Waals surface area contributed by atoms with Crippen LogP contribution in [0.2, 0.25) is 0 Å². The Kier molecular flexibility index (Phi) is 4.32. The topological polar surface area (TPSA) is 29.3 Å². The zero-order chi connectivity index (χ0) is 14.8. The quantitative estimate of drug-likeness (QED) is 0.903. The van der Waals surface area contributed by atoms with Gasteiger partial charge in [0.25, 0.3) is 0 Å². The van der Waals surface area contributed by atoms with Gasteiger partial charge in [0.05, 0.1) is 6.04 Å². The third kappa shape index (κ3) is 2.99. The maximum Gasteiger partial charge on any atom is 0.0665 e. The van der Waals surface area contributed by atoms with Gasteiger partial charge in [0.1, 0.15) is 0 Å². The first-order valence-corrected chi connectivity index (χ1v) is 8.30. The highest BCUT2D eigenvalue weighted by Gasteiger charge is 2.24. The Labute approximate surface area is 135 Å². The van der Waals surface area contributed by atoms with E-state index < -0.39 is 0 Å². The number of fused-ring (bicyclic) bond motifs is 1. The third-order valence-corrected chi connectivity index (χ3v) is 4.72. The number of benzene rings is 2. The molecule has 2 aromatic carbocycles. The number of anilines is 1. The van der Waals surface area contributed by atoms with E-state index in [0.29, 0.717) is 6.54 Å². The molecular weight excluding hydrogens is 324 g/mol. The molecular formula is C18H21BrN2. The number of nitrogens with zero attached hydrogens (tertiary/aromatic N) is 1. The Morgan fingerprint density at radius 2 is 2.10 bits per heavy atom. The number of nitrogens with two attached hydrogens (primary N) is 1. The van der Waals surface area contributed by atoms with Crippen molar-refractivity contribution in [2.45, 2.75) is 25.8 Å².